The highest BCUT2D eigenvalue weighted by Crippen LogP contribution is 2.44. The molecule has 6 nitrogen and oxygen atoms in total. The van der Waals surface area contributed by atoms with E-state index in [1.807, 2.05) is 48.5 Å². The molecule has 1 aliphatic rings. The van der Waals surface area contributed by atoms with Crippen LogP contribution in [-0.2, 0) is 16.0 Å². The Bertz CT molecular complexity index is 1030. The number of amides is 1. The van der Waals surface area contributed by atoms with Crippen molar-refractivity contribution in [2.45, 2.75) is 18.4 Å². The van der Waals surface area contributed by atoms with Gasteiger partial charge < -0.3 is 25.1 Å². The number of carbonyl (C=O) groups excluding carboxylic acids is 2. The predicted molar refractivity (Wildman–Crippen MR) is 109 cm³/mol. The number of ether oxygens (including phenoxy) is 1. The zero-order chi connectivity index (χ0) is 21.1. The number of hydrogen-bond acceptors (Lipinski definition) is 5. The largest absolute Gasteiger partial charge is 0.548 e. The lowest BCUT2D eigenvalue weighted by Crippen LogP contribution is -2.49. The Labute approximate surface area is 173 Å². The molecule has 0 unspecified atom stereocenters. The van der Waals surface area contributed by atoms with Gasteiger partial charge >= 0.3 is 6.09 Å². The fourth-order valence-electron chi connectivity index (χ4n) is 3.84. The average Bonchev–Trinajstić information content (AvgIpc) is 3.07. The molecule has 3 aromatic carbocycles. The van der Waals surface area contributed by atoms with Gasteiger partial charge in [-0.2, -0.15) is 0 Å². The molecular weight excluding hydrogens is 382 g/mol. The molecule has 1 aliphatic carbocycles. The fourth-order valence-corrected chi connectivity index (χ4v) is 3.84. The molecule has 0 spiro atoms. The summed E-state index contributed by atoms with van der Waals surface area (Å²) in [6, 6.07) is 20.8. The van der Waals surface area contributed by atoms with Crippen molar-refractivity contribution in [3.63, 3.8) is 0 Å². The van der Waals surface area contributed by atoms with Gasteiger partial charge in [-0.05, 0) is 46.4 Å². The molecule has 0 aliphatic heterocycles. The van der Waals surface area contributed by atoms with E-state index >= 15 is 0 Å². The number of hydrogen-bond donors (Lipinski definition) is 2. The number of rotatable bonds is 6. The number of aliphatic carboxylic acids is 1. The molecule has 0 radical (unpaired) electrons. The maximum Gasteiger partial charge on any atom is 0.407 e. The van der Waals surface area contributed by atoms with E-state index in [0.29, 0.717) is 5.56 Å². The molecule has 0 saturated carbocycles. The Hall–Kier alpha value is -3.80. The van der Waals surface area contributed by atoms with Crippen LogP contribution in [0.3, 0.4) is 0 Å². The van der Waals surface area contributed by atoms with Crippen molar-refractivity contribution in [3.05, 3.63) is 89.5 Å². The minimum absolute atomic E-state index is 0.0206. The van der Waals surface area contributed by atoms with Gasteiger partial charge in [0.2, 0.25) is 0 Å². The minimum atomic E-state index is -1.41. The quantitative estimate of drug-likeness (QED) is 0.660. The number of aromatic hydroxyl groups is 1. The molecule has 4 rings (SSSR count). The molecule has 0 heterocycles. The summed E-state index contributed by atoms with van der Waals surface area (Å²) in [7, 11) is 0. The first-order valence-corrected chi connectivity index (χ1v) is 9.63. The Kier molecular flexibility index (Phi) is 5.39. The summed E-state index contributed by atoms with van der Waals surface area (Å²) in [6.45, 7) is 0.0961. The lowest BCUT2D eigenvalue weighted by atomic mass is 9.98. The van der Waals surface area contributed by atoms with Crippen LogP contribution in [0.2, 0.25) is 0 Å². The standard InChI is InChI=1S/C24H21NO5/c26-16-11-9-15(10-12-16)13-22(23(27)28)25-24(29)30-14-21-19-7-3-1-5-17(19)18-6-2-4-8-20(18)21/h1-12,21-22,26H,13-14H2,(H,25,29)(H,27,28)/p-1/t22-/m1/s1. The highest BCUT2D eigenvalue weighted by atomic mass is 16.5. The third-order valence-corrected chi connectivity index (χ3v) is 5.30. The third kappa shape index (κ3) is 3.98. The molecular formula is C24H20NO5-. The Morgan fingerprint density at radius 3 is 2.07 bits per heavy atom. The Balaban J connectivity index is 1.43. The van der Waals surface area contributed by atoms with E-state index in [9.17, 15) is 19.8 Å². The van der Waals surface area contributed by atoms with Crippen LogP contribution < -0.4 is 10.4 Å². The zero-order valence-electron chi connectivity index (χ0n) is 16.1. The zero-order valence-corrected chi connectivity index (χ0v) is 16.1. The number of nitrogens with one attached hydrogen (secondary N) is 1. The van der Waals surface area contributed by atoms with Gasteiger partial charge in [-0.15, -0.1) is 0 Å². The second-order valence-corrected chi connectivity index (χ2v) is 7.21. The molecule has 1 amide bonds. The van der Waals surface area contributed by atoms with Gasteiger partial charge in [0.15, 0.2) is 0 Å². The second kappa shape index (κ2) is 8.29. The van der Waals surface area contributed by atoms with E-state index in [4.69, 9.17) is 4.74 Å². The van der Waals surface area contributed by atoms with Crippen molar-refractivity contribution in [3.8, 4) is 16.9 Å². The Morgan fingerprint density at radius 1 is 0.933 bits per heavy atom. The number of phenolic OH excluding ortho intramolecular Hbond substituents is 1. The first kappa shape index (κ1) is 19.5. The number of carboxylic acid groups (broad SMARTS) is 1. The summed E-state index contributed by atoms with van der Waals surface area (Å²) >= 11 is 0. The Morgan fingerprint density at radius 2 is 1.50 bits per heavy atom. The molecule has 6 heteroatoms. The van der Waals surface area contributed by atoms with Gasteiger partial charge in [0, 0.05) is 5.92 Å². The van der Waals surface area contributed by atoms with Crippen molar-refractivity contribution in [2.75, 3.05) is 6.61 Å². The maximum absolute atomic E-state index is 12.3. The van der Waals surface area contributed by atoms with Crippen molar-refractivity contribution >= 4 is 12.1 Å². The molecule has 0 aromatic heterocycles. The number of fused-ring (bicyclic) bond motifs is 3. The highest BCUT2D eigenvalue weighted by Gasteiger charge is 2.29. The van der Waals surface area contributed by atoms with Crippen LogP contribution in [-0.4, -0.2) is 29.8 Å². The van der Waals surface area contributed by atoms with E-state index in [0.717, 1.165) is 22.3 Å². The summed E-state index contributed by atoms with van der Waals surface area (Å²) < 4.78 is 5.40. The smallest absolute Gasteiger partial charge is 0.407 e. The molecule has 30 heavy (non-hydrogen) atoms. The average molecular weight is 402 g/mol. The van der Waals surface area contributed by atoms with Crippen LogP contribution in [0.1, 0.15) is 22.6 Å². The molecule has 3 aromatic rings. The SMILES string of the molecule is O=C(N[C@H](Cc1ccc(O)cc1)C(=O)[O-])OCC1c2ccccc2-c2ccccc21. The maximum atomic E-state index is 12.3. The fraction of sp³-hybridized carbons (Fsp3) is 0.167. The van der Waals surface area contributed by atoms with Crippen molar-refractivity contribution in [1.82, 2.24) is 5.32 Å². The molecule has 0 fully saturated rings. The number of benzene rings is 3. The van der Waals surface area contributed by atoms with Gasteiger partial charge in [-0.1, -0.05) is 60.7 Å². The highest BCUT2D eigenvalue weighted by molar-refractivity contribution is 5.80. The van der Waals surface area contributed by atoms with E-state index < -0.39 is 18.1 Å². The summed E-state index contributed by atoms with van der Waals surface area (Å²) in [5.41, 5.74) is 5.02. The van der Waals surface area contributed by atoms with Crippen molar-refractivity contribution in [1.29, 1.82) is 0 Å². The summed E-state index contributed by atoms with van der Waals surface area (Å²) in [5.74, 6) is -1.44. The number of alkyl carbamates (subject to hydrolysis) is 1. The van der Waals surface area contributed by atoms with Crippen LogP contribution in [0.4, 0.5) is 4.79 Å². The van der Waals surface area contributed by atoms with Crippen molar-refractivity contribution < 1.29 is 24.5 Å². The van der Waals surface area contributed by atoms with Crippen LogP contribution in [0.25, 0.3) is 11.1 Å². The topological polar surface area (TPSA) is 98.7 Å². The van der Waals surface area contributed by atoms with E-state index in [2.05, 4.69) is 5.32 Å². The lowest BCUT2D eigenvalue weighted by molar-refractivity contribution is -0.308. The van der Waals surface area contributed by atoms with Gasteiger partial charge in [-0.3, -0.25) is 0 Å². The van der Waals surface area contributed by atoms with E-state index in [-0.39, 0.29) is 24.7 Å². The molecule has 1 atom stereocenters. The van der Waals surface area contributed by atoms with Gasteiger partial charge in [0.1, 0.15) is 12.4 Å². The van der Waals surface area contributed by atoms with Crippen LogP contribution in [0, 0.1) is 0 Å². The molecule has 2 N–H and O–H groups in total. The molecule has 0 bridgehead atoms. The van der Waals surface area contributed by atoms with Gasteiger partial charge in [0.25, 0.3) is 0 Å². The van der Waals surface area contributed by atoms with Crippen LogP contribution in [0.15, 0.2) is 72.8 Å². The van der Waals surface area contributed by atoms with Crippen LogP contribution >= 0.6 is 0 Å². The third-order valence-electron chi connectivity index (χ3n) is 5.30. The number of phenols is 1. The molecule has 152 valence electrons. The molecule has 0 saturated heterocycles. The first-order valence-electron chi connectivity index (χ1n) is 9.63. The lowest BCUT2D eigenvalue weighted by Gasteiger charge is -2.21. The number of carbonyl (C=O) groups is 2. The summed E-state index contributed by atoms with van der Waals surface area (Å²) in [4.78, 5) is 23.8. The van der Waals surface area contributed by atoms with E-state index in [1.54, 1.807) is 12.1 Å². The van der Waals surface area contributed by atoms with Gasteiger partial charge in [0.05, 0.1) is 12.0 Å². The normalized spacial score (nSPS) is 13.2. The van der Waals surface area contributed by atoms with Gasteiger partial charge in [-0.25, -0.2) is 4.79 Å². The predicted octanol–water partition coefficient (Wildman–Crippen LogP) is 2.59. The second-order valence-electron chi connectivity index (χ2n) is 7.21. The number of carboxylic acids is 1. The van der Waals surface area contributed by atoms with Crippen LogP contribution in [0.5, 0.6) is 5.75 Å². The monoisotopic (exact) mass is 402 g/mol. The minimum Gasteiger partial charge on any atom is -0.548 e. The van der Waals surface area contributed by atoms with Crippen molar-refractivity contribution in [2.24, 2.45) is 0 Å². The summed E-state index contributed by atoms with van der Waals surface area (Å²) in [5, 5.41) is 23.2. The van der Waals surface area contributed by atoms with E-state index in [1.165, 1.54) is 12.1 Å². The summed E-state index contributed by atoms with van der Waals surface area (Å²) in [6.07, 6.45) is -0.794. The first-order chi connectivity index (χ1) is 14.5.